The molecule has 0 aliphatic rings. The zero-order valence-electron chi connectivity index (χ0n) is 12.0. The highest BCUT2D eigenvalue weighted by Crippen LogP contribution is 2.20. The maximum atomic E-state index is 11.4. The highest BCUT2D eigenvalue weighted by molar-refractivity contribution is 6.30. The number of ether oxygens (including phenoxy) is 1. The van der Waals surface area contributed by atoms with Crippen LogP contribution in [0.25, 0.3) is 0 Å². The normalized spacial score (nSPS) is 12.0. The molecule has 0 amide bonds. The van der Waals surface area contributed by atoms with Crippen LogP contribution in [0.3, 0.4) is 0 Å². The largest absolute Gasteiger partial charge is 0.478 e. The van der Waals surface area contributed by atoms with Gasteiger partial charge >= 0.3 is 5.97 Å². The summed E-state index contributed by atoms with van der Waals surface area (Å²) in [4.78, 5) is 11.4. The van der Waals surface area contributed by atoms with Gasteiger partial charge in [0.2, 0.25) is 0 Å². The second-order valence-corrected chi connectivity index (χ2v) is 5.46. The Labute approximate surface area is 129 Å². The van der Waals surface area contributed by atoms with E-state index in [4.69, 9.17) is 16.3 Å². The predicted molar refractivity (Wildman–Crippen MR) is 83.1 cm³/mol. The average Bonchev–Trinajstić information content (AvgIpc) is 2.42. The van der Waals surface area contributed by atoms with E-state index in [2.05, 4.69) is 0 Å². The highest BCUT2D eigenvalue weighted by Gasteiger charge is 2.20. The van der Waals surface area contributed by atoms with Gasteiger partial charge in [-0.3, -0.25) is 0 Å². The molecule has 0 spiro atoms. The van der Waals surface area contributed by atoms with Crippen LogP contribution in [-0.4, -0.2) is 17.2 Å². The topological polar surface area (TPSA) is 46.5 Å². The summed E-state index contributed by atoms with van der Waals surface area (Å²) in [6.45, 7) is 4.03. The number of carboxylic acid groups (broad SMARTS) is 1. The minimum Gasteiger partial charge on any atom is -0.478 e. The molecule has 110 valence electrons. The average molecular weight is 305 g/mol. The molecule has 0 fully saturated rings. The molecule has 0 saturated carbocycles. The minimum absolute atomic E-state index is 0.308. The first kappa shape index (κ1) is 15.4. The zero-order chi connectivity index (χ0) is 15.4. The second kappa shape index (κ2) is 6.64. The van der Waals surface area contributed by atoms with Crippen LogP contribution in [0, 0.1) is 13.8 Å². The fourth-order valence-electron chi connectivity index (χ4n) is 2.03. The molecule has 4 heteroatoms. The Bertz CT molecular complexity index is 652. The van der Waals surface area contributed by atoms with Gasteiger partial charge in [0.05, 0.1) is 0 Å². The lowest BCUT2D eigenvalue weighted by Crippen LogP contribution is -2.29. The SMILES string of the molecule is Cc1ccc(C[C@H](Oc2cccc(Cl)c2)C(=O)O)cc1C. The van der Waals surface area contributed by atoms with Crippen molar-refractivity contribution in [3.05, 3.63) is 64.2 Å². The fourth-order valence-corrected chi connectivity index (χ4v) is 2.21. The van der Waals surface area contributed by atoms with Crippen molar-refractivity contribution in [1.29, 1.82) is 0 Å². The Kier molecular flexibility index (Phi) is 4.86. The molecule has 0 aromatic heterocycles. The van der Waals surface area contributed by atoms with Gasteiger partial charge in [0.1, 0.15) is 5.75 Å². The summed E-state index contributed by atoms with van der Waals surface area (Å²) in [6.07, 6.45) is -0.631. The molecule has 0 aliphatic heterocycles. The van der Waals surface area contributed by atoms with E-state index in [-0.39, 0.29) is 0 Å². The number of hydrogen-bond donors (Lipinski definition) is 1. The molecule has 0 aliphatic carbocycles. The van der Waals surface area contributed by atoms with E-state index in [0.29, 0.717) is 17.2 Å². The third-order valence-electron chi connectivity index (χ3n) is 3.34. The van der Waals surface area contributed by atoms with Crippen molar-refractivity contribution >= 4 is 17.6 Å². The van der Waals surface area contributed by atoms with Crippen molar-refractivity contribution in [1.82, 2.24) is 0 Å². The molecule has 0 bridgehead atoms. The van der Waals surface area contributed by atoms with Crippen LogP contribution in [-0.2, 0) is 11.2 Å². The zero-order valence-corrected chi connectivity index (χ0v) is 12.7. The first-order valence-corrected chi connectivity index (χ1v) is 7.04. The Hall–Kier alpha value is -2.00. The highest BCUT2D eigenvalue weighted by atomic mass is 35.5. The van der Waals surface area contributed by atoms with Crippen LogP contribution in [0.1, 0.15) is 16.7 Å². The van der Waals surface area contributed by atoms with E-state index in [0.717, 1.165) is 11.1 Å². The monoisotopic (exact) mass is 304 g/mol. The number of aliphatic carboxylic acids is 1. The second-order valence-electron chi connectivity index (χ2n) is 5.02. The molecule has 2 rings (SSSR count). The van der Waals surface area contributed by atoms with Gasteiger partial charge in [-0.15, -0.1) is 0 Å². The van der Waals surface area contributed by atoms with Gasteiger partial charge in [0, 0.05) is 11.4 Å². The van der Waals surface area contributed by atoms with Crippen molar-refractivity contribution in [3.8, 4) is 5.75 Å². The summed E-state index contributed by atoms with van der Waals surface area (Å²) >= 11 is 5.88. The van der Waals surface area contributed by atoms with E-state index < -0.39 is 12.1 Å². The smallest absolute Gasteiger partial charge is 0.345 e. The van der Waals surface area contributed by atoms with Crippen LogP contribution in [0.4, 0.5) is 0 Å². The third kappa shape index (κ3) is 4.23. The standard InChI is InChI=1S/C17H17ClO3/c1-11-6-7-13(8-12(11)2)9-16(17(19)20)21-15-5-3-4-14(18)10-15/h3-8,10,16H,9H2,1-2H3,(H,19,20)/t16-/m0/s1. The van der Waals surface area contributed by atoms with Gasteiger partial charge in [0.15, 0.2) is 6.10 Å². The van der Waals surface area contributed by atoms with Crippen LogP contribution in [0.2, 0.25) is 5.02 Å². The summed E-state index contributed by atoms with van der Waals surface area (Å²) in [7, 11) is 0. The van der Waals surface area contributed by atoms with Crippen LogP contribution in [0.15, 0.2) is 42.5 Å². The van der Waals surface area contributed by atoms with E-state index in [9.17, 15) is 9.90 Å². The number of benzene rings is 2. The summed E-state index contributed by atoms with van der Waals surface area (Å²) in [5.41, 5.74) is 3.26. The maximum Gasteiger partial charge on any atom is 0.345 e. The van der Waals surface area contributed by atoms with Crippen LogP contribution >= 0.6 is 11.6 Å². The maximum absolute atomic E-state index is 11.4. The molecule has 2 aromatic carbocycles. The van der Waals surface area contributed by atoms with E-state index in [1.165, 1.54) is 5.56 Å². The molecular formula is C17H17ClO3. The lowest BCUT2D eigenvalue weighted by molar-refractivity contribution is -0.145. The lowest BCUT2D eigenvalue weighted by atomic mass is 10.0. The Morgan fingerprint density at radius 3 is 2.57 bits per heavy atom. The van der Waals surface area contributed by atoms with Gasteiger partial charge in [-0.1, -0.05) is 35.9 Å². The van der Waals surface area contributed by atoms with Gasteiger partial charge in [-0.25, -0.2) is 4.79 Å². The van der Waals surface area contributed by atoms with Crippen molar-refractivity contribution < 1.29 is 14.6 Å². The number of hydrogen-bond acceptors (Lipinski definition) is 2. The Morgan fingerprint density at radius 1 is 1.19 bits per heavy atom. The molecule has 0 heterocycles. The number of carbonyl (C=O) groups is 1. The molecular weight excluding hydrogens is 288 g/mol. The van der Waals surface area contributed by atoms with E-state index in [1.54, 1.807) is 24.3 Å². The summed E-state index contributed by atoms with van der Waals surface area (Å²) < 4.78 is 5.55. The summed E-state index contributed by atoms with van der Waals surface area (Å²) in [6, 6.07) is 12.7. The molecule has 3 nitrogen and oxygen atoms in total. The molecule has 2 aromatic rings. The van der Waals surface area contributed by atoms with Crippen molar-refractivity contribution in [3.63, 3.8) is 0 Å². The van der Waals surface area contributed by atoms with Crippen molar-refractivity contribution in [2.45, 2.75) is 26.4 Å². The third-order valence-corrected chi connectivity index (χ3v) is 3.58. The molecule has 1 atom stereocenters. The number of aryl methyl sites for hydroxylation is 2. The van der Waals surface area contributed by atoms with E-state index in [1.807, 2.05) is 32.0 Å². The van der Waals surface area contributed by atoms with Gasteiger partial charge in [-0.2, -0.15) is 0 Å². The van der Waals surface area contributed by atoms with Crippen LogP contribution in [0.5, 0.6) is 5.75 Å². The first-order chi connectivity index (χ1) is 9.95. The molecule has 0 saturated heterocycles. The first-order valence-electron chi connectivity index (χ1n) is 6.67. The molecule has 0 radical (unpaired) electrons. The lowest BCUT2D eigenvalue weighted by Gasteiger charge is -2.16. The Balaban J connectivity index is 2.15. The Morgan fingerprint density at radius 2 is 1.95 bits per heavy atom. The fraction of sp³-hybridized carbons (Fsp3) is 0.235. The summed E-state index contributed by atoms with van der Waals surface area (Å²) in [5.74, 6) is -0.535. The van der Waals surface area contributed by atoms with Gasteiger partial charge in [0.25, 0.3) is 0 Å². The molecule has 1 N–H and O–H groups in total. The van der Waals surface area contributed by atoms with Crippen molar-refractivity contribution in [2.24, 2.45) is 0 Å². The summed E-state index contributed by atoms with van der Waals surface area (Å²) in [5, 5.41) is 9.85. The van der Waals surface area contributed by atoms with Crippen molar-refractivity contribution in [2.75, 3.05) is 0 Å². The quantitative estimate of drug-likeness (QED) is 0.907. The van der Waals surface area contributed by atoms with Crippen LogP contribution < -0.4 is 4.74 Å². The molecule has 21 heavy (non-hydrogen) atoms. The minimum atomic E-state index is -0.992. The predicted octanol–water partition coefficient (Wildman–Crippen LogP) is 4.03. The number of rotatable bonds is 5. The van der Waals surface area contributed by atoms with Gasteiger partial charge < -0.3 is 9.84 Å². The number of carboxylic acids is 1. The molecule has 0 unspecified atom stereocenters. The number of halogens is 1. The van der Waals surface area contributed by atoms with Gasteiger partial charge in [-0.05, 0) is 48.7 Å². The van der Waals surface area contributed by atoms with E-state index >= 15 is 0 Å².